The average molecular weight is 341 g/mol. The molecule has 1 nitrogen and oxygen atoms in total. The predicted molar refractivity (Wildman–Crippen MR) is 90.1 cm³/mol. The number of hydrogen-bond acceptors (Lipinski definition) is 2. The molecule has 19 heavy (non-hydrogen) atoms. The molecule has 1 atom stereocenters. The van der Waals surface area contributed by atoms with Crippen LogP contribution in [-0.4, -0.2) is 18.6 Å². The molecule has 1 aromatic rings. The van der Waals surface area contributed by atoms with Gasteiger partial charge in [-0.15, -0.1) is 0 Å². The minimum absolute atomic E-state index is 0.183. The lowest BCUT2D eigenvalue weighted by atomic mass is 10.1. The Morgan fingerprint density at radius 3 is 2.53 bits per heavy atom. The zero-order valence-corrected chi connectivity index (χ0v) is 14.4. The van der Waals surface area contributed by atoms with E-state index < -0.39 is 0 Å². The first-order valence-electron chi connectivity index (χ1n) is 6.43. The molecule has 0 fully saturated rings. The maximum Gasteiger partial charge on any atom is 0.0781 e. The van der Waals surface area contributed by atoms with Crippen molar-refractivity contribution < 1.29 is 0 Å². The highest BCUT2D eigenvalue weighted by molar-refractivity contribution is 7.98. The number of hydrogen-bond donors (Lipinski definition) is 1. The highest BCUT2D eigenvalue weighted by Gasteiger charge is 2.13. The molecule has 1 rings (SSSR count). The molecule has 0 aliphatic rings. The third-order valence-electron chi connectivity index (χ3n) is 3.01. The summed E-state index contributed by atoms with van der Waals surface area (Å²) < 4.78 is 0. The maximum atomic E-state index is 6.22. The monoisotopic (exact) mass is 339 g/mol. The molecule has 0 aromatic heterocycles. The molecule has 1 aromatic carbocycles. The van der Waals surface area contributed by atoms with Crippen LogP contribution >= 0.6 is 46.6 Å². The van der Waals surface area contributed by atoms with E-state index in [2.05, 4.69) is 18.5 Å². The van der Waals surface area contributed by atoms with Gasteiger partial charge in [0.05, 0.1) is 15.1 Å². The lowest BCUT2D eigenvalue weighted by Gasteiger charge is -2.16. The summed E-state index contributed by atoms with van der Waals surface area (Å²) in [6, 6.07) is 3.91. The fraction of sp³-hybridized carbons (Fsp3) is 0.571. The van der Waals surface area contributed by atoms with E-state index in [-0.39, 0.29) is 6.04 Å². The van der Waals surface area contributed by atoms with Gasteiger partial charge in [0.15, 0.2) is 0 Å². The van der Waals surface area contributed by atoms with E-state index in [0.717, 1.165) is 12.1 Å². The van der Waals surface area contributed by atoms with Gasteiger partial charge in [-0.1, -0.05) is 47.3 Å². The van der Waals surface area contributed by atoms with Crippen molar-refractivity contribution in [3.05, 3.63) is 32.8 Å². The zero-order valence-electron chi connectivity index (χ0n) is 11.3. The summed E-state index contributed by atoms with van der Waals surface area (Å²) >= 11 is 20.1. The maximum absolute atomic E-state index is 6.22. The van der Waals surface area contributed by atoms with Crippen LogP contribution in [0.3, 0.4) is 0 Å². The smallest absolute Gasteiger partial charge is 0.0781 e. The molecule has 0 amide bonds. The van der Waals surface area contributed by atoms with Crippen LogP contribution in [0.5, 0.6) is 0 Å². The van der Waals surface area contributed by atoms with Gasteiger partial charge in [0, 0.05) is 6.04 Å². The number of benzene rings is 1. The summed E-state index contributed by atoms with van der Waals surface area (Å²) in [7, 11) is 0. The normalized spacial score (nSPS) is 12.7. The Kier molecular flexibility index (Phi) is 8.59. The van der Waals surface area contributed by atoms with Crippen molar-refractivity contribution in [1.82, 2.24) is 5.32 Å². The second kappa shape index (κ2) is 9.36. The molecular weight excluding hydrogens is 321 g/mol. The van der Waals surface area contributed by atoms with Crippen LogP contribution < -0.4 is 5.32 Å². The number of nitrogens with one attached hydrogen (secondary N) is 1. The van der Waals surface area contributed by atoms with E-state index in [1.165, 1.54) is 25.0 Å². The van der Waals surface area contributed by atoms with E-state index in [1.54, 1.807) is 6.07 Å². The van der Waals surface area contributed by atoms with Gasteiger partial charge in [-0.2, -0.15) is 11.8 Å². The Balaban J connectivity index is 2.41. The van der Waals surface area contributed by atoms with Gasteiger partial charge < -0.3 is 5.32 Å². The minimum atomic E-state index is 0.183. The molecule has 1 N–H and O–H groups in total. The van der Waals surface area contributed by atoms with Gasteiger partial charge in [-0.3, -0.25) is 0 Å². The van der Waals surface area contributed by atoms with E-state index in [9.17, 15) is 0 Å². The van der Waals surface area contributed by atoms with Crippen molar-refractivity contribution in [2.75, 3.05) is 18.6 Å². The summed E-state index contributed by atoms with van der Waals surface area (Å²) in [5.41, 5.74) is 1.00. The molecule has 0 heterocycles. The van der Waals surface area contributed by atoms with Crippen molar-refractivity contribution in [2.24, 2.45) is 0 Å². The van der Waals surface area contributed by atoms with Crippen molar-refractivity contribution in [2.45, 2.75) is 32.2 Å². The summed E-state index contributed by atoms with van der Waals surface area (Å²) in [6.45, 7) is 3.08. The molecule has 1 unspecified atom stereocenters. The van der Waals surface area contributed by atoms with Gasteiger partial charge in [-0.25, -0.2) is 0 Å². The first-order valence-corrected chi connectivity index (χ1v) is 8.96. The quantitative estimate of drug-likeness (QED) is 0.472. The molecule has 0 bridgehead atoms. The first-order chi connectivity index (χ1) is 9.07. The molecule has 0 saturated carbocycles. The zero-order chi connectivity index (χ0) is 14.3. The van der Waals surface area contributed by atoms with Crippen LogP contribution in [0.2, 0.25) is 15.1 Å². The Bertz CT molecular complexity index is 399. The summed E-state index contributed by atoms with van der Waals surface area (Å²) in [5.74, 6) is 1.24. The Morgan fingerprint density at radius 1 is 1.11 bits per heavy atom. The molecule has 0 radical (unpaired) electrons. The highest BCUT2D eigenvalue weighted by atomic mass is 35.5. The molecule has 108 valence electrons. The third kappa shape index (κ3) is 5.73. The SMILES string of the molecule is CSCCCCCNC(C)c1ccc(Cl)c(Cl)c1Cl. The molecule has 0 aliphatic heterocycles. The third-order valence-corrected chi connectivity index (χ3v) is 5.01. The van der Waals surface area contributed by atoms with E-state index in [0.29, 0.717) is 15.1 Å². The highest BCUT2D eigenvalue weighted by Crippen LogP contribution is 2.35. The lowest BCUT2D eigenvalue weighted by molar-refractivity contribution is 0.545. The van der Waals surface area contributed by atoms with E-state index in [1.807, 2.05) is 17.8 Å². The van der Waals surface area contributed by atoms with Crippen molar-refractivity contribution >= 4 is 46.6 Å². The average Bonchev–Trinajstić information content (AvgIpc) is 2.40. The van der Waals surface area contributed by atoms with Crippen LogP contribution in [0.1, 0.15) is 37.8 Å². The number of unbranched alkanes of at least 4 members (excludes halogenated alkanes) is 2. The number of thioether (sulfide) groups is 1. The van der Waals surface area contributed by atoms with Crippen LogP contribution in [0, 0.1) is 0 Å². The standard InChI is InChI=1S/C14H20Cl3NS/c1-10(18-8-4-3-5-9-19-2)11-6-7-12(15)14(17)13(11)16/h6-7,10,18H,3-5,8-9H2,1-2H3. The Labute approximate surface area is 135 Å². The molecule has 0 aliphatic carbocycles. The fourth-order valence-electron chi connectivity index (χ4n) is 1.85. The number of rotatable bonds is 8. The lowest BCUT2D eigenvalue weighted by Crippen LogP contribution is -2.20. The molecular formula is C14H20Cl3NS. The Morgan fingerprint density at radius 2 is 1.84 bits per heavy atom. The topological polar surface area (TPSA) is 12.0 Å². The van der Waals surface area contributed by atoms with Crippen LogP contribution in [0.25, 0.3) is 0 Å². The van der Waals surface area contributed by atoms with E-state index in [4.69, 9.17) is 34.8 Å². The van der Waals surface area contributed by atoms with Crippen molar-refractivity contribution in [1.29, 1.82) is 0 Å². The molecule has 5 heteroatoms. The van der Waals surface area contributed by atoms with Gasteiger partial charge >= 0.3 is 0 Å². The predicted octanol–water partition coefficient (Wildman–Crippen LogP) is 5.83. The molecule has 0 spiro atoms. The van der Waals surface area contributed by atoms with Gasteiger partial charge in [0.2, 0.25) is 0 Å². The molecule has 0 saturated heterocycles. The minimum Gasteiger partial charge on any atom is -0.310 e. The van der Waals surface area contributed by atoms with Crippen LogP contribution in [-0.2, 0) is 0 Å². The largest absolute Gasteiger partial charge is 0.310 e. The van der Waals surface area contributed by atoms with Gasteiger partial charge in [0.1, 0.15) is 0 Å². The number of halogens is 3. The van der Waals surface area contributed by atoms with Crippen LogP contribution in [0.15, 0.2) is 12.1 Å². The first kappa shape index (κ1) is 17.5. The second-order valence-corrected chi connectivity index (χ2v) is 6.64. The van der Waals surface area contributed by atoms with Gasteiger partial charge in [0.25, 0.3) is 0 Å². The Hall–Kier alpha value is 0.400. The summed E-state index contributed by atoms with van der Waals surface area (Å²) in [6.07, 6.45) is 5.87. The summed E-state index contributed by atoms with van der Waals surface area (Å²) in [4.78, 5) is 0. The van der Waals surface area contributed by atoms with Crippen molar-refractivity contribution in [3.8, 4) is 0 Å². The fourth-order valence-corrected chi connectivity index (χ4v) is 3.05. The van der Waals surface area contributed by atoms with Gasteiger partial charge in [-0.05, 0) is 49.9 Å². The van der Waals surface area contributed by atoms with E-state index >= 15 is 0 Å². The second-order valence-electron chi connectivity index (χ2n) is 4.49. The van der Waals surface area contributed by atoms with Crippen LogP contribution in [0.4, 0.5) is 0 Å². The summed E-state index contributed by atoms with van der Waals surface area (Å²) in [5, 5.41) is 4.96. The van der Waals surface area contributed by atoms with Crippen molar-refractivity contribution in [3.63, 3.8) is 0 Å².